The van der Waals surface area contributed by atoms with Crippen molar-refractivity contribution in [2.45, 2.75) is 17.8 Å². The molecule has 166 valence electrons. The third kappa shape index (κ3) is 4.65. The normalized spacial score (nSPS) is 13.5. The number of nitrogens with zero attached hydrogens (tertiary/aromatic N) is 2. The topological polar surface area (TPSA) is 94.5 Å². The summed E-state index contributed by atoms with van der Waals surface area (Å²) < 4.78 is 107. The number of alkyl halides is 3. The maximum absolute atomic E-state index is 14.5. The number of sulfone groups is 1. The molecule has 0 saturated carbocycles. The first-order valence-electron chi connectivity index (χ1n) is 8.51. The van der Waals surface area contributed by atoms with Crippen molar-refractivity contribution >= 4 is 21.3 Å². The Morgan fingerprint density at radius 1 is 1.06 bits per heavy atom. The predicted molar refractivity (Wildman–Crippen MR) is 98.5 cm³/mol. The first-order valence-corrected chi connectivity index (χ1v) is 10.2. The number of hydrogen-bond donors (Lipinski definition) is 1. The van der Waals surface area contributed by atoms with Crippen LogP contribution in [-0.4, -0.2) is 29.7 Å². The molecule has 3 rings (SSSR count). The van der Waals surface area contributed by atoms with Crippen molar-refractivity contribution in [3.8, 4) is 0 Å². The Morgan fingerprint density at radius 2 is 1.71 bits per heavy atom. The van der Waals surface area contributed by atoms with Gasteiger partial charge in [-0.3, -0.25) is 9.20 Å². The number of nitrogens with two attached hydrogens (primary N) is 1. The lowest BCUT2D eigenvalue weighted by molar-refractivity contribution is -0.129. The number of rotatable bonds is 5. The molecule has 1 atom stereocenters. The zero-order chi connectivity index (χ0) is 23.1. The summed E-state index contributed by atoms with van der Waals surface area (Å²) in [6.07, 6.45) is -5.65. The highest BCUT2D eigenvalue weighted by Gasteiger charge is 2.38. The van der Waals surface area contributed by atoms with Crippen LogP contribution in [0.5, 0.6) is 0 Å². The van der Waals surface area contributed by atoms with Crippen LogP contribution >= 0.6 is 0 Å². The van der Waals surface area contributed by atoms with Crippen LogP contribution in [-0.2, 0) is 9.84 Å². The van der Waals surface area contributed by atoms with Crippen LogP contribution in [0.25, 0.3) is 5.65 Å². The van der Waals surface area contributed by atoms with E-state index in [2.05, 4.69) is 4.98 Å². The molecule has 2 aromatic heterocycles. The minimum absolute atomic E-state index is 0.226. The zero-order valence-electron chi connectivity index (χ0n) is 15.3. The molecule has 0 aliphatic heterocycles. The number of aromatic nitrogens is 2. The largest absolute Gasteiger partial charge is 0.390 e. The van der Waals surface area contributed by atoms with Crippen molar-refractivity contribution in [3.05, 3.63) is 75.5 Å². The van der Waals surface area contributed by atoms with E-state index in [4.69, 9.17) is 5.73 Å². The highest BCUT2D eigenvalue weighted by atomic mass is 32.2. The lowest BCUT2D eigenvalue weighted by Gasteiger charge is -2.21. The smallest absolute Gasteiger partial charge is 0.383 e. The van der Waals surface area contributed by atoms with Gasteiger partial charge < -0.3 is 5.73 Å². The highest BCUT2D eigenvalue weighted by molar-refractivity contribution is 7.91. The average Bonchev–Trinajstić information content (AvgIpc) is 2.65. The summed E-state index contributed by atoms with van der Waals surface area (Å²) in [5, 5.41) is -2.34. The van der Waals surface area contributed by atoms with E-state index in [1.165, 1.54) is 0 Å². The number of benzene rings is 1. The van der Waals surface area contributed by atoms with Gasteiger partial charge in [-0.25, -0.2) is 26.6 Å². The van der Waals surface area contributed by atoms with Gasteiger partial charge in [0.1, 0.15) is 22.5 Å². The molecule has 3 aromatic rings. The van der Waals surface area contributed by atoms with Crippen LogP contribution in [0.4, 0.5) is 32.2 Å². The van der Waals surface area contributed by atoms with E-state index < -0.39 is 67.6 Å². The summed E-state index contributed by atoms with van der Waals surface area (Å²) in [4.78, 5) is 15.8. The SMILES string of the molecule is Nc1cc(=O)n2ccc(C(c3c(F)ccc(F)c3F)S(=O)(=O)CCC(F)(F)F)cc2n1. The molecule has 13 heteroatoms. The van der Waals surface area contributed by atoms with Gasteiger partial charge in [-0.05, 0) is 29.8 Å². The van der Waals surface area contributed by atoms with Crippen LogP contribution in [0.2, 0.25) is 0 Å². The van der Waals surface area contributed by atoms with E-state index in [1.807, 2.05) is 0 Å². The van der Waals surface area contributed by atoms with Gasteiger partial charge in [0.05, 0.1) is 12.2 Å². The molecule has 1 unspecified atom stereocenters. The number of hydrogen-bond acceptors (Lipinski definition) is 5. The lowest BCUT2D eigenvalue weighted by Crippen LogP contribution is -2.25. The van der Waals surface area contributed by atoms with E-state index in [1.54, 1.807) is 0 Å². The molecule has 0 aliphatic rings. The van der Waals surface area contributed by atoms with Crippen molar-refractivity contribution in [2.75, 3.05) is 11.5 Å². The summed E-state index contributed by atoms with van der Waals surface area (Å²) in [6.45, 7) is 0. The van der Waals surface area contributed by atoms with Crippen LogP contribution in [0.1, 0.15) is 22.8 Å². The molecular weight excluding hydrogens is 452 g/mol. The Bertz CT molecular complexity index is 1320. The molecule has 0 amide bonds. The summed E-state index contributed by atoms with van der Waals surface area (Å²) in [6, 6.07) is 3.72. The monoisotopic (exact) mass is 465 g/mol. The zero-order valence-corrected chi connectivity index (χ0v) is 16.1. The molecule has 0 bridgehead atoms. The fourth-order valence-electron chi connectivity index (χ4n) is 3.01. The first kappa shape index (κ1) is 22.6. The van der Waals surface area contributed by atoms with Gasteiger partial charge in [-0.2, -0.15) is 13.2 Å². The van der Waals surface area contributed by atoms with E-state index in [0.717, 1.165) is 28.8 Å². The van der Waals surface area contributed by atoms with Crippen LogP contribution in [0.3, 0.4) is 0 Å². The summed E-state index contributed by atoms with van der Waals surface area (Å²) >= 11 is 0. The van der Waals surface area contributed by atoms with Crippen molar-refractivity contribution in [3.63, 3.8) is 0 Å². The molecule has 1 aromatic carbocycles. The number of nitrogen functional groups attached to an aromatic ring is 1. The van der Waals surface area contributed by atoms with Crippen molar-refractivity contribution < 1.29 is 34.8 Å². The number of halogens is 6. The molecule has 0 saturated heterocycles. The average molecular weight is 465 g/mol. The Hall–Kier alpha value is -3.09. The van der Waals surface area contributed by atoms with E-state index >= 15 is 0 Å². The van der Waals surface area contributed by atoms with E-state index in [-0.39, 0.29) is 11.5 Å². The minimum Gasteiger partial charge on any atom is -0.383 e. The Balaban J connectivity index is 2.28. The molecule has 2 heterocycles. The van der Waals surface area contributed by atoms with E-state index in [9.17, 15) is 39.6 Å². The molecule has 0 fully saturated rings. The standard InChI is InChI=1S/C18H13F6N3O3S/c19-10-1-2-11(20)16(21)15(10)17(31(29,30)6-4-18(22,23)24)9-3-5-27-13(7-9)26-12(25)8-14(27)28/h1-3,5,7-8,17H,4,6,25H2. The predicted octanol–water partition coefficient (Wildman–Crippen LogP) is 3.15. The van der Waals surface area contributed by atoms with Gasteiger partial charge in [0.15, 0.2) is 21.5 Å². The Morgan fingerprint density at radius 3 is 2.35 bits per heavy atom. The fourth-order valence-corrected chi connectivity index (χ4v) is 4.90. The van der Waals surface area contributed by atoms with Crippen LogP contribution in [0.15, 0.2) is 41.3 Å². The number of pyridine rings is 1. The molecule has 2 N–H and O–H groups in total. The number of anilines is 1. The maximum Gasteiger partial charge on any atom is 0.390 e. The van der Waals surface area contributed by atoms with Gasteiger partial charge in [0.2, 0.25) is 0 Å². The summed E-state index contributed by atoms with van der Waals surface area (Å²) in [5.74, 6) is -6.69. The van der Waals surface area contributed by atoms with Crippen molar-refractivity contribution in [1.29, 1.82) is 0 Å². The lowest BCUT2D eigenvalue weighted by atomic mass is 10.0. The van der Waals surface area contributed by atoms with Crippen molar-refractivity contribution in [2.24, 2.45) is 0 Å². The second-order valence-electron chi connectivity index (χ2n) is 6.58. The fraction of sp³-hybridized carbons (Fsp3) is 0.222. The molecule has 6 nitrogen and oxygen atoms in total. The van der Waals surface area contributed by atoms with Gasteiger partial charge in [0.25, 0.3) is 5.56 Å². The van der Waals surface area contributed by atoms with Gasteiger partial charge in [-0.15, -0.1) is 0 Å². The second kappa shape index (κ2) is 7.87. The third-order valence-corrected chi connectivity index (χ3v) is 6.38. The van der Waals surface area contributed by atoms with Crippen LogP contribution in [0, 0.1) is 17.5 Å². The van der Waals surface area contributed by atoms with Gasteiger partial charge in [-0.1, -0.05) is 0 Å². The van der Waals surface area contributed by atoms with Gasteiger partial charge in [0, 0.05) is 17.8 Å². The van der Waals surface area contributed by atoms with Gasteiger partial charge >= 0.3 is 6.18 Å². The Kier molecular flexibility index (Phi) is 5.74. The Labute approximate surface area is 170 Å². The van der Waals surface area contributed by atoms with Crippen molar-refractivity contribution in [1.82, 2.24) is 9.38 Å². The second-order valence-corrected chi connectivity index (χ2v) is 8.78. The summed E-state index contributed by atoms with van der Waals surface area (Å²) in [7, 11) is -4.93. The minimum atomic E-state index is -4.93. The number of fused-ring (bicyclic) bond motifs is 1. The molecule has 0 spiro atoms. The first-order chi connectivity index (χ1) is 14.3. The van der Waals surface area contributed by atoms with E-state index in [0.29, 0.717) is 12.1 Å². The molecular formula is C18H13F6N3O3S. The molecule has 0 radical (unpaired) electrons. The molecule has 0 aliphatic carbocycles. The maximum atomic E-state index is 14.5. The summed E-state index contributed by atoms with van der Waals surface area (Å²) in [5.41, 5.74) is 2.88. The molecule has 31 heavy (non-hydrogen) atoms. The van der Waals surface area contributed by atoms with Crippen LogP contribution < -0.4 is 11.3 Å². The third-order valence-electron chi connectivity index (χ3n) is 4.38. The highest BCUT2D eigenvalue weighted by Crippen LogP contribution is 2.37. The quantitative estimate of drug-likeness (QED) is 0.462.